The van der Waals surface area contributed by atoms with Crippen LogP contribution in [-0.4, -0.2) is 41.3 Å². The number of nitrogens with zero attached hydrogens (tertiary/aromatic N) is 4. The van der Waals surface area contributed by atoms with E-state index in [1.165, 1.54) is 17.2 Å². The third-order valence-electron chi connectivity index (χ3n) is 4.82. The van der Waals surface area contributed by atoms with Gasteiger partial charge in [-0.05, 0) is 55.9 Å². The molecule has 172 valence electrons. The molecule has 0 atom stereocenters. The molecule has 0 fully saturated rings. The average Bonchev–Trinajstić information content (AvgIpc) is 3.26. The molecule has 0 saturated carbocycles. The van der Waals surface area contributed by atoms with Crippen molar-refractivity contribution < 1.29 is 4.39 Å². The van der Waals surface area contributed by atoms with Gasteiger partial charge < -0.3 is 15.5 Å². The highest BCUT2D eigenvalue weighted by molar-refractivity contribution is 14.0. The topological polar surface area (TPSA) is 57.5 Å². The van der Waals surface area contributed by atoms with Crippen LogP contribution in [0.3, 0.4) is 0 Å². The van der Waals surface area contributed by atoms with Crippen LogP contribution in [0.25, 0.3) is 0 Å². The molecule has 0 aliphatic rings. The van der Waals surface area contributed by atoms with E-state index < -0.39 is 0 Å². The molecule has 2 aromatic carbocycles. The lowest BCUT2D eigenvalue weighted by molar-refractivity contribution is 0.392. The maximum absolute atomic E-state index is 14.0. The maximum Gasteiger partial charge on any atom is 0.191 e. The molecule has 6 nitrogen and oxygen atoms in total. The minimum Gasteiger partial charge on any atom is -0.357 e. The van der Waals surface area contributed by atoms with Crippen molar-refractivity contribution in [2.75, 3.05) is 20.6 Å². The van der Waals surface area contributed by atoms with Crippen molar-refractivity contribution in [2.45, 2.75) is 33.1 Å². The zero-order valence-electron chi connectivity index (χ0n) is 18.9. The molecular weight excluding hydrogens is 518 g/mol. The zero-order valence-corrected chi connectivity index (χ0v) is 21.2. The number of benzene rings is 2. The largest absolute Gasteiger partial charge is 0.357 e. The summed E-state index contributed by atoms with van der Waals surface area (Å²) in [5, 5.41) is 11.0. The predicted molar refractivity (Wildman–Crippen MR) is 139 cm³/mol. The van der Waals surface area contributed by atoms with Gasteiger partial charge in [0.1, 0.15) is 5.82 Å². The van der Waals surface area contributed by atoms with Gasteiger partial charge in [0, 0.05) is 37.6 Å². The van der Waals surface area contributed by atoms with Crippen LogP contribution in [0, 0.1) is 5.82 Å². The number of guanidine groups is 1. The number of rotatable bonds is 9. The van der Waals surface area contributed by atoms with Crippen molar-refractivity contribution >= 4 is 29.9 Å². The number of nitrogens with one attached hydrogen (secondary N) is 2. The Morgan fingerprint density at radius 3 is 2.53 bits per heavy atom. The smallest absolute Gasteiger partial charge is 0.191 e. The zero-order chi connectivity index (χ0) is 22.1. The molecule has 3 rings (SSSR count). The Bertz CT molecular complexity index is 988. The van der Waals surface area contributed by atoms with Crippen molar-refractivity contribution in [2.24, 2.45) is 4.99 Å². The fourth-order valence-corrected chi connectivity index (χ4v) is 3.33. The first-order valence-corrected chi connectivity index (χ1v) is 10.5. The van der Waals surface area contributed by atoms with Crippen molar-refractivity contribution in [3.63, 3.8) is 0 Å². The summed E-state index contributed by atoms with van der Waals surface area (Å²) in [6.07, 6.45) is 3.75. The second-order valence-corrected chi connectivity index (χ2v) is 7.68. The Morgan fingerprint density at radius 1 is 1.06 bits per heavy atom. The lowest BCUT2D eigenvalue weighted by Gasteiger charge is -2.15. The number of halogens is 2. The van der Waals surface area contributed by atoms with Crippen LogP contribution >= 0.6 is 24.0 Å². The number of aromatic nitrogens is 2. The summed E-state index contributed by atoms with van der Waals surface area (Å²) in [4.78, 5) is 6.65. The van der Waals surface area contributed by atoms with Gasteiger partial charge in [0.25, 0.3) is 0 Å². The lowest BCUT2D eigenvalue weighted by atomic mass is 10.1. The van der Waals surface area contributed by atoms with Crippen molar-refractivity contribution in [3.05, 3.63) is 89.0 Å². The van der Waals surface area contributed by atoms with Crippen LogP contribution in [0.1, 0.15) is 29.2 Å². The fourth-order valence-electron chi connectivity index (χ4n) is 3.33. The van der Waals surface area contributed by atoms with E-state index in [2.05, 4.69) is 27.9 Å². The molecule has 8 heteroatoms. The molecule has 3 aromatic rings. The first-order chi connectivity index (χ1) is 15.0. The normalized spacial score (nSPS) is 11.3. The van der Waals surface area contributed by atoms with E-state index in [4.69, 9.17) is 4.99 Å². The molecule has 0 unspecified atom stereocenters. The molecule has 2 N–H and O–H groups in total. The summed E-state index contributed by atoms with van der Waals surface area (Å²) in [6.45, 7) is 5.22. The summed E-state index contributed by atoms with van der Waals surface area (Å²) in [5.74, 6) is 0.551. The molecule has 1 aromatic heterocycles. The Kier molecular flexibility index (Phi) is 10.6. The van der Waals surface area contributed by atoms with Gasteiger partial charge in [0.2, 0.25) is 0 Å². The van der Waals surface area contributed by atoms with Crippen LogP contribution in [0.15, 0.2) is 65.9 Å². The highest BCUT2D eigenvalue weighted by atomic mass is 127. The monoisotopic (exact) mass is 550 g/mol. The summed E-state index contributed by atoms with van der Waals surface area (Å²) in [7, 11) is 3.86. The molecule has 0 spiro atoms. The van der Waals surface area contributed by atoms with Gasteiger partial charge in [-0.3, -0.25) is 4.68 Å². The predicted octanol–water partition coefficient (Wildman–Crippen LogP) is 4.01. The molecule has 0 aliphatic carbocycles. The third kappa shape index (κ3) is 7.90. The SMILES string of the molecule is CCNC(=NCc1ccc(F)c(CN(C)C)c1)NCc1ccccc1Cn1cccn1.I. The van der Waals surface area contributed by atoms with Gasteiger partial charge in [-0.2, -0.15) is 5.10 Å². The van der Waals surface area contributed by atoms with Crippen molar-refractivity contribution in [3.8, 4) is 0 Å². The third-order valence-corrected chi connectivity index (χ3v) is 4.82. The Morgan fingerprint density at radius 2 is 1.84 bits per heavy atom. The molecular formula is C24H32FIN6. The Labute approximate surface area is 207 Å². The molecule has 0 aliphatic heterocycles. The number of aliphatic imine (C=N–C) groups is 1. The summed E-state index contributed by atoms with van der Waals surface area (Å²) in [5.41, 5.74) is 4.07. The highest BCUT2D eigenvalue weighted by Gasteiger charge is 2.07. The van der Waals surface area contributed by atoms with Crippen molar-refractivity contribution in [1.29, 1.82) is 0 Å². The van der Waals surface area contributed by atoms with Gasteiger partial charge in [0.15, 0.2) is 5.96 Å². The van der Waals surface area contributed by atoms with E-state index >= 15 is 0 Å². The van der Waals surface area contributed by atoms with Crippen LogP contribution in [0.4, 0.5) is 4.39 Å². The molecule has 0 amide bonds. The molecule has 0 radical (unpaired) electrons. The fraction of sp³-hybridized carbons (Fsp3) is 0.333. The highest BCUT2D eigenvalue weighted by Crippen LogP contribution is 2.13. The number of hydrogen-bond donors (Lipinski definition) is 2. The molecule has 0 saturated heterocycles. The molecule has 0 bridgehead atoms. The van der Waals surface area contributed by atoms with E-state index in [9.17, 15) is 4.39 Å². The first kappa shape index (κ1) is 25.8. The summed E-state index contributed by atoms with van der Waals surface area (Å²) >= 11 is 0. The van der Waals surface area contributed by atoms with Crippen LogP contribution in [0.5, 0.6) is 0 Å². The minimum absolute atomic E-state index is 0. The second-order valence-electron chi connectivity index (χ2n) is 7.68. The quantitative estimate of drug-likeness (QED) is 0.240. The van der Waals surface area contributed by atoms with Gasteiger partial charge >= 0.3 is 0 Å². The van der Waals surface area contributed by atoms with Gasteiger partial charge in [0.05, 0.1) is 13.1 Å². The van der Waals surface area contributed by atoms with Gasteiger partial charge in [-0.15, -0.1) is 24.0 Å². The van der Waals surface area contributed by atoms with E-state index in [0.29, 0.717) is 25.2 Å². The molecule has 32 heavy (non-hydrogen) atoms. The van der Waals surface area contributed by atoms with E-state index in [1.54, 1.807) is 12.3 Å². The van der Waals surface area contributed by atoms with Gasteiger partial charge in [-0.25, -0.2) is 9.38 Å². The van der Waals surface area contributed by atoms with Crippen LogP contribution in [-0.2, 0) is 26.2 Å². The standard InChI is InChI=1S/C24H31FN6.HI/c1-4-26-24(27-15-19-10-11-23(25)22(14-19)17-30(2)3)28-16-20-8-5-6-9-21(20)18-31-13-7-12-29-31;/h5-14H,4,15-18H2,1-3H3,(H2,26,27,28);1H. The second kappa shape index (κ2) is 13.2. The van der Waals surface area contributed by atoms with E-state index in [-0.39, 0.29) is 29.8 Å². The minimum atomic E-state index is -0.180. The maximum atomic E-state index is 14.0. The van der Waals surface area contributed by atoms with E-state index in [1.807, 2.05) is 61.1 Å². The number of hydrogen-bond acceptors (Lipinski definition) is 3. The molecule has 1 heterocycles. The lowest BCUT2D eigenvalue weighted by Crippen LogP contribution is -2.37. The van der Waals surface area contributed by atoms with Crippen LogP contribution < -0.4 is 10.6 Å². The first-order valence-electron chi connectivity index (χ1n) is 10.5. The van der Waals surface area contributed by atoms with Crippen LogP contribution in [0.2, 0.25) is 0 Å². The Balaban J connectivity index is 0.00000363. The van der Waals surface area contributed by atoms with Gasteiger partial charge in [-0.1, -0.05) is 30.3 Å². The Hall–Kier alpha value is -2.46. The summed E-state index contributed by atoms with van der Waals surface area (Å²) in [6, 6.07) is 15.4. The average molecular weight is 550 g/mol. The van der Waals surface area contributed by atoms with E-state index in [0.717, 1.165) is 24.6 Å². The van der Waals surface area contributed by atoms with Crippen molar-refractivity contribution in [1.82, 2.24) is 25.3 Å². The summed E-state index contributed by atoms with van der Waals surface area (Å²) < 4.78 is 16.0.